The minimum Gasteiger partial charge on any atom is -0.337 e. The summed E-state index contributed by atoms with van der Waals surface area (Å²) < 4.78 is 1.03. The second-order valence-corrected chi connectivity index (χ2v) is 8.18. The minimum absolute atomic E-state index is 0.209. The van der Waals surface area contributed by atoms with Crippen molar-refractivity contribution >= 4 is 33.2 Å². The number of hydrogen-bond donors (Lipinski definition) is 1. The third-order valence-corrected chi connectivity index (χ3v) is 5.90. The van der Waals surface area contributed by atoms with Gasteiger partial charge >= 0.3 is 0 Å². The molecule has 1 aromatic rings. The Morgan fingerprint density at radius 1 is 1.37 bits per heavy atom. The first-order chi connectivity index (χ1) is 9.19. The Kier molecular flexibility index (Phi) is 3.96. The molecule has 0 aliphatic carbocycles. The molecule has 0 saturated carbocycles. The summed E-state index contributed by atoms with van der Waals surface area (Å²) in [5.74, 6) is 0.209. The lowest BCUT2D eigenvalue weighted by Crippen LogP contribution is -2.52. The molecule has 19 heavy (non-hydrogen) atoms. The molecule has 1 aromatic heterocycles. The minimum atomic E-state index is 0.209. The van der Waals surface area contributed by atoms with Gasteiger partial charge in [-0.2, -0.15) is 0 Å². The zero-order chi connectivity index (χ0) is 13.3. The van der Waals surface area contributed by atoms with Gasteiger partial charge in [0.05, 0.1) is 8.66 Å². The molecule has 5 heteroatoms. The topological polar surface area (TPSA) is 32.3 Å². The van der Waals surface area contributed by atoms with E-state index in [0.29, 0.717) is 5.41 Å². The van der Waals surface area contributed by atoms with Crippen LogP contribution in [0.25, 0.3) is 0 Å². The van der Waals surface area contributed by atoms with Gasteiger partial charge in [0.15, 0.2) is 0 Å². The number of carbonyl (C=O) groups is 1. The van der Waals surface area contributed by atoms with Crippen molar-refractivity contribution in [1.29, 1.82) is 0 Å². The SMILES string of the molecule is O=C(c1ccc(Br)s1)N1CCCC2(CCCNC2)C1. The number of hydrogen-bond acceptors (Lipinski definition) is 3. The highest BCUT2D eigenvalue weighted by Crippen LogP contribution is 2.36. The molecule has 1 N–H and O–H groups in total. The molecule has 1 spiro atoms. The maximum absolute atomic E-state index is 12.5. The van der Waals surface area contributed by atoms with E-state index < -0.39 is 0 Å². The van der Waals surface area contributed by atoms with Gasteiger partial charge in [0.25, 0.3) is 5.91 Å². The van der Waals surface area contributed by atoms with E-state index in [4.69, 9.17) is 0 Å². The Bertz CT molecular complexity index is 462. The van der Waals surface area contributed by atoms with Crippen LogP contribution >= 0.6 is 27.3 Å². The Labute approximate surface area is 126 Å². The van der Waals surface area contributed by atoms with E-state index in [2.05, 4.69) is 26.1 Å². The monoisotopic (exact) mass is 342 g/mol. The summed E-state index contributed by atoms with van der Waals surface area (Å²) in [7, 11) is 0. The summed E-state index contributed by atoms with van der Waals surface area (Å²) >= 11 is 4.97. The second kappa shape index (κ2) is 5.54. The lowest BCUT2D eigenvalue weighted by molar-refractivity contribution is 0.0438. The summed E-state index contributed by atoms with van der Waals surface area (Å²) in [6.07, 6.45) is 4.91. The van der Waals surface area contributed by atoms with Crippen LogP contribution in [0.4, 0.5) is 0 Å². The smallest absolute Gasteiger partial charge is 0.263 e. The van der Waals surface area contributed by atoms with Gasteiger partial charge in [0.1, 0.15) is 0 Å². The van der Waals surface area contributed by atoms with Crippen LogP contribution < -0.4 is 5.32 Å². The lowest BCUT2D eigenvalue weighted by atomic mass is 9.74. The molecule has 1 atom stereocenters. The summed E-state index contributed by atoms with van der Waals surface area (Å²) in [5.41, 5.74) is 0.334. The summed E-state index contributed by atoms with van der Waals surface area (Å²) in [6, 6.07) is 3.89. The number of halogens is 1. The number of carbonyl (C=O) groups excluding carboxylic acids is 1. The van der Waals surface area contributed by atoms with E-state index in [1.54, 1.807) is 0 Å². The molecule has 3 nitrogen and oxygen atoms in total. The van der Waals surface area contributed by atoms with Gasteiger partial charge in [0, 0.05) is 25.0 Å². The van der Waals surface area contributed by atoms with Crippen LogP contribution in [-0.2, 0) is 0 Å². The summed E-state index contributed by atoms with van der Waals surface area (Å²) in [4.78, 5) is 15.5. The van der Waals surface area contributed by atoms with Crippen LogP contribution in [0.15, 0.2) is 15.9 Å². The largest absolute Gasteiger partial charge is 0.337 e. The van der Waals surface area contributed by atoms with Gasteiger partial charge in [-0.25, -0.2) is 0 Å². The highest BCUT2D eigenvalue weighted by atomic mass is 79.9. The molecule has 0 radical (unpaired) electrons. The third-order valence-electron chi connectivity index (χ3n) is 4.29. The predicted molar refractivity (Wildman–Crippen MR) is 81.7 cm³/mol. The van der Waals surface area contributed by atoms with Crippen molar-refractivity contribution in [3.05, 3.63) is 20.8 Å². The molecule has 1 amide bonds. The van der Waals surface area contributed by atoms with E-state index >= 15 is 0 Å². The molecule has 0 aromatic carbocycles. The standard InChI is InChI=1S/C14H19BrN2OS/c15-12-4-3-11(19-12)13(18)17-8-2-6-14(10-17)5-1-7-16-9-14/h3-4,16H,1-2,5-10H2. The maximum Gasteiger partial charge on any atom is 0.263 e. The fraction of sp³-hybridized carbons (Fsp3) is 0.643. The molecule has 1 unspecified atom stereocenters. The fourth-order valence-corrected chi connectivity index (χ4v) is 4.70. The maximum atomic E-state index is 12.5. The van der Waals surface area contributed by atoms with Gasteiger partial charge in [-0.05, 0) is 60.3 Å². The predicted octanol–water partition coefficient (Wildman–Crippen LogP) is 3.12. The first-order valence-corrected chi connectivity index (χ1v) is 8.55. The second-order valence-electron chi connectivity index (χ2n) is 5.71. The quantitative estimate of drug-likeness (QED) is 0.850. The van der Waals surface area contributed by atoms with E-state index in [9.17, 15) is 4.79 Å². The average Bonchev–Trinajstić information content (AvgIpc) is 2.85. The number of thiophene rings is 1. The summed E-state index contributed by atoms with van der Waals surface area (Å²) in [6.45, 7) is 4.04. The van der Waals surface area contributed by atoms with Crippen molar-refractivity contribution in [2.45, 2.75) is 25.7 Å². The van der Waals surface area contributed by atoms with Crippen molar-refractivity contribution in [2.24, 2.45) is 5.41 Å². The number of likely N-dealkylation sites (tertiary alicyclic amines) is 1. The lowest BCUT2D eigenvalue weighted by Gasteiger charge is -2.45. The number of amides is 1. The average molecular weight is 343 g/mol. The van der Waals surface area contributed by atoms with E-state index in [-0.39, 0.29) is 5.91 Å². The van der Waals surface area contributed by atoms with Crippen LogP contribution in [0.1, 0.15) is 35.4 Å². The molecule has 3 rings (SSSR count). The number of nitrogens with one attached hydrogen (secondary N) is 1. The van der Waals surface area contributed by atoms with Crippen molar-refractivity contribution in [3.8, 4) is 0 Å². The van der Waals surface area contributed by atoms with Crippen LogP contribution in [0.3, 0.4) is 0 Å². The highest BCUT2D eigenvalue weighted by molar-refractivity contribution is 9.11. The van der Waals surface area contributed by atoms with Crippen LogP contribution in [-0.4, -0.2) is 37.0 Å². The molecule has 2 aliphatic rings. The van der Waals surface area contributed by atoms with Crippen LogP contribution in [0.2, 0.25) is 0 Å². The molecule has 2 saturated heterocycles. The first kappa shape index (κ1) is 13.6. The van der Waals surface area contributed by atoms with Crippen molar-refractivity contribution in [2.75, 3.05) is 26.2 Å². The zero-order valence-electron chi connectivity index (χ0n) is 11.0. The zero-order valence-corrected chi connectivity index (χ0v) is 13.4. The van der Waals surface area contributed by atoms with Gasteiger partial charge in [-0.1, -0.05) is 0 Å². The van der Waals surface area contributed by atoms with Crippen molar-refractivity contribution < 1.29 is 4.79 Å². The molecule has 0 bridgehead atoms. The normalized spacial score (nSPS) is 27.7. The molecule has 2 aliphatic heterocycles. The molecular formula is C14H19BrN2OS. The van der Waals surface area contributed by atoms with Gasteiger partial charge in [-0.3, -0.25) is 4.79 Å². The molecule has 104 valence electrons. The van der Waals surface area contributed by atoms with Gasteiger partial charge in [0.2, 0.25) is 0 Å². The molecule has 3 heterocycles. The van der Waals surface area contributed by atoms with Crippen molar-refractivity contribution in [3.63, 3.8) is 0 Å². The number of rotatable bonds is 1. The number of nitrogens with zero attached hydrogens (tertiary/aromatic N) is 1. The third kappa shape index (κ3) is 2.88. The Balaban J connectivity index is 1.72. The molecular weight excluding hydrogens is 324 g/mol. The first-order valence-electron chi connectivity index (χ1n) is 6.94. The van der Waals surface area contributed by atoms with Crippen LogP contribution in [0.5, 0.6) is 0 Å². The number of piperidine rings is 2. The Morgan fingerprint density at radius 2 is 2.21 bits per heavy atom. The Hall–Kier alpha value is -0.390. The Morgan fingerprint density at radius 3 is 2.89 bits per heavy atom. The van der Waals surface area contributed by atoms with E-state index in [0.717, 1.165) is 41.3 Å². The fourth-order valence-electron chi connectivity index (χ4n) is 3.35. The molecule has 2 fully saturated rings. The van der Waals surface area contributed by atoms with Gasteiger partial charge < -0.3 is 10.2 Å². The summed E-state index contributed by atoms with van der Waals surface area (Å²) in [5, 5.41) is 3.51. The van der Waals surface area contributed by atoms with E-state index in [1.165, 1.54) is 30.6 Å². The van der Waals surface area contributed by atoms with Crippen molar-refractivity contribution in [1.82, 2.24) is 10.2 Å². The van der Waals surface area contributed by atoms with Gasteiger partial charge in [-0.15, -0.1) is 11.3 Å². The van der Waals surface area contributed by atoms with Crippen LogP contribution in [0, 0.1) is 5.41 Å². The van der Waals surface area contributed by atoms with E-state index in [1.807, 2.05) is 12.1 Å². The highest BCUT2D eigenvalue weighted by Gasteiger charge is 2.38.